The van der Waals surface area contributed by atoms with Gasteiger partial charge in [0.2, 0.25) is 5.91 Å². The molecule has 0 spiro atoms. The molecule has 1 amide bonds. The molecule has 0 heterocycles. The van der Waals surface area contributed by atoms with Crippen molar-refractivity contribution in [2.24, 2.45) is 5.92 Å². The van der Waals surface area contributed by atoms with E-state index in [0.29, 0.717) is 5.92 Å². The molecule has 0 aromatic rings. The van der Waals surface area contributed by atoms with Crippen LogP contribution in [-0.4, -0.2) is 37.0 Å². The summed E-state index contributed by atoms with van der Waals surface area (Å²) in [6.07, 6.45) is 7.26. The molecular formula is C12H22N2O. The van der Waals surface area contributed by atoms with Gasteiger partial charge in [-0.15, -0.1) is 0 Å². The molecule has 0 radical (unpaired) electrons. The molecule has 0 atom stereocenters. The van der Waals surface area contributed by atoms with E-state index in [0.717, 1.165) is 19.4 Å². The second kappa shape index (κ2) is 4.12. The summed E-state index contributed by atoms with van der Waals surface area (Å²) >= 11 is 0. The summed E-state index contributed by atoms with van der Waals surface area (Å²) in [5.41, 5.74) is 0.241. The number of rotatable bonds is 4. The maximum absolute atomic E-state index is 11.6. The molecule has 0 aromatic carbocycles. The number of likely N-dealkylation sites (N-methyl/N-ethyl adjacent to an activating group) is 1. The van der Waals surface area contributed by atoms with E-state index in [1.165, 1.54) is 25.7 Å². The molecule has 2 fully saturated rings. The molecule has 15 heavy (non-hydrogen) atoms. The normalized spacial score (nSPS) is 24.5. The summed E-state index contributed by atoms with van der Waals surface area (Å²) in [4.78, 5) is 13.9. The Kier molecular flexibility index (Phi) is 3.01. The van der Waals surface area contributed by atoms with Crippen LogP contribution in [0.2, 0.25) is 0 Å². The minimum absolute atomic E-state index is 0.241. The first kappa shape index (κ1) is 10.9. The van der Waals surface area contributed by atoms with Crippen LogP contribution in [-0.2, 0) is 4.79 Å². The lowest BCUT2D eigenvalue weighted by Gasteiger charge is -2.36. The van der Waals surface area contributed by atoms with Crippen molar-refractivity contribution in [3.8, 4) is 0 Å². The molecule has 1 N–H and O–H groups in total. The van der Waals surface area contributed by atoms with Crippen molar-refractivity contribution in [3.63, 3.8) is 0 Å². The SMILES string of the molecule is CN(C)C1(CNC(=O)C2CC2)CCCC1. The summed E-state index contributed by atoms with van der Waals surface area (Å²) < 4.78 is 0. The Bertz CT molecular complexity index is 240. The van der Waals surface area contributed by atoms with E-state index >= 15 is 0 Å². The third-order valence-corrected chi connectivity index (χ3v) is 4.02. The predicted molar refractivity (Wildman–Crippen MR) is 60.6 cm³/mol. The van der Waals surface area contributed by atoms with Gasteiger partial charge in [0.1, 0.15) is 0 Å². The maximum atomic E-state index is 11.6. The molecule has 86 valence electrons. The number of carbonyl (C=O) groups is 1. The average Bonchev–Trinajstić information content (AvgIpc) is 2.94. The van der Waals surface area contributed by atoms with Crippen molar-refractivity contribution in [1.29, 1.82) is 0 Å². The van der Waals surface area contributed by atoms with Crippen LogP contribution in [0.1, 0.15) is 38.5 Å². The van der Waals surface area contributed by atoms with Crippen LogP contribution in [0.15, 0.2) is 0 Å². The van der Waals surface area contributed by atoms with Crippen LogP contribution in [0.25, 0.3) is 0 Å². The molecule has 0 saturated heterocycles. The minimum atomic E-state index is 0.241. The van der Waals surface area contributed by atoms with E-state index in [1.807, 2.05) is 0 Å². The Morgan fingerprint density at radius 1 is 1.33 bits per heavy atom. The monoisotopic (exact) mass is 210 g/mol. The van der Waals surface area contributed by atoms with Gasteiger partial charge in [0.05, 0.1) is 0 Å². The topological polar surface area (TPSA) is 32.3 Å². The highest BCUT2D eigenvalue weighted by Gasteiger charge is 2.37. The van der Waals surface area contributed by atoms with Gasteiger partial charge in [-0.3, -0.25) is 4.79 Å². The summed E-state index contributed by atoms with van der Waals surface area (Å²) in [6, 6.07) is 0. The molecule has 2 saturated carbocycles. The molecule has 3 heteroatoms. The van der Waals surface area contributed by atoms with Crippen LogP contribution in [0.3, 0.4) is 0 Å². The molecule has 0 aromatic heterocycles. The molecule has 0 bridgehead atoms. The summed E-state index contributed by atoms with van der Waals surface area (Å²) in [5.74, 6) is 0.619. The van der Waals surface area contributed by atoms with Crippen molar-refractivity contribution < 1.29 is 4.79 Å². The Morgan fingerprint density at radius 3 is 2.40 bits per heavy atom. The molecule has 3 nitrogen and oxygen atoms in total. The van der Waals surface area contributed by atoms with E-state index in [1.54, 1.807) is 0 Å². The Morgan fingerprint density at radius 2 is 1.93 bits per heavy atom. The number of hydrogen-bond acceptors (Lipinski definition) is 2. The number of carbonyl (C=O) groups excluding carboxylic acids is 1. The lowest BCUT2D eigenvalue weighted by molar-refractivity contribution is -0.122. The quantitative estimate of drug-likeness (QED) is 0.760. The van der Waals surface area contributed by atoms with Crippen LogP contribution < -0.4 is 5.32 Å². The highest BCUT2D eigenvalue weighted by Crippen LogP contribution is 2.34. The number of nitrogens with zero attached hydrogens (tertiary/aromatic N) is 1. The average molecular weight is 210 g/mol. The van der Waals surface area contributed by atoms with Gasteiger partial charge in [0, 0.05) is 18.0 Å². The Balaban J connectivity index is 1.86. The van der Waals surface area contributed by atoms with Gasteiger partial charge in [-0.25, -0.2) is 0 Å². The standard InChI is InChI=1S/C12H22N2O/c1-14(2)12(7-3-4-8-12)9-13-11(15)10-5-6-10/h10H,3-9H2,1-2H3,(H,13,15). The van der Waals surface area contributed by atoms with Crippen molar-refractivity contribution >= 4 is 5.91 Å². The lowest BCUT2D eigenvalue weighted by Crippen LogP contribution is -2.51. The molecule has 0 unspecified atom stereocenters. The van der Waals surface area contributed by atoms with Crippen LogP contribution >= 0.6 is 0 Å². The fourth-order valence-corrected chi connectivity index (χ4v) is 2.56. The summed E-state index contributed by atoms with van der Waals surface area (Å²) in [7, 11) is 4.27. The zero-order valence-electron chi connectivity index (χ0n) is 9.88. The predicted octanol–water partition coefficient (Wildman–Crippen LogP) is 1.39. The number of amides is 1. The molecule has 2 rings (SSSR count). The number of hydrogen-bond donors (Lipinski definition) is 1. The first-order chi connectivity index (χ1) is 7.14. The van der Waals surface area contributed by atoms with Crippen LogP contribution in [0.4, 0.5) is 0 Å². The van der Waals surface area contributed by atoms with Crippen LogP contribution in [0.5, 0.6) is 0 Å². The van der Waals surface area contributed by atoms with E-state index in [-0.39, 0.29) is 11.4 Å². The summed E-state index contributed by atoms with van der Waals surface area (Å²) in [5, 5.41) is 3.13. The Labute approximate surface area is 92.2 Å². The van der Waals surface area contributed by atoms with E-state index < -0.39 is 0 Å². The first-order valence-electron chi connectivity index (χ1n) is 6.09. The molecular weight excluding hydrogens is 188 g/mol. The molecule has 2 aliphatic rings. The Hall–Kier alpha value is -0.570. The van der Waals surface area contributed by atoms with Gasteiger partial charge in [-0.2, -0.15) is 0 Å². The highest BCUT2D eigenvalue weighted by atomic mass is 16.2. The van der Waals surface area contributed by atoms with Crippen LogP contribution in [0, 0.1) is 5.92 Å². The molecule has 0 aliphatic heterocycles. The van der Waals surface area contributed by atoms with E-state index in [9.17, 15) is 4.79 Å². The largest absolute Gasteiger partial charge is 0.354 e. The van der Waals surface area contributed by atoms with E-state index in [2.05, 4.69) is 24.3 Å². The smallest absolute Gasteiger partial charge is 0.223 e. The lowest BCUT2D eigenvalue weighted by atomic mass is 9.96. The fraction of sp³-hybridized carbons (Fsp3) is 0.917. The van der Waals surface area contributed by atoms with Gasteiger partial charge < -0.3 is 10.2 Å². The van der Waals surface area contributed by atoms with Crippen molar-refractivity contribution in [3.05, 3.63) is 0 Å². The molecule has 2 aliphatic carbocycles. The second-order valence-corrected chi connectivity index (χ2v) is 5.32. The second-order valence-electron chi connectivity index (χ2n) is 5.32. The van der Waals surface area contributed by atoms with Crippen molar-refractivity contribution in [2.45, 2.75) is 44.1 Å². The highest BCUT2D eigenvalue weighted by molar-refractivity contribution is 5.80. The van der Waals surface area contributed by atoms with Crippen molar-refractivity contribution in [1.82, 2.24) is 10.2 Å². The maximum Gasteiger partial charge on any atom is 0.223 e. The first-order valence-corrected chi connectivity index (χ1v) is 6.09. The summed E-state index contributed by atoms with van der Waals surface area (Å²) in [6.45, 7) is 0.843. The van der Waals surface area contributed by atoms with E-state index in [4.69, 9.17) is 0 Å². The zero-order chi connectivity index (χ0) is 10.9. The van der Waals surface area contributed by atoms with Gasteiger partial charge in [-0.1, -0.05) is 12.8 Å². The van der Waals surface area contributed by atoms with Gasteiger partial charge in [-0.05, 0) is 39.8 Å². The van der Waals surface area contributed by atoms with Gasteiger partial charge >= 0.3 is 0 Å². The van der Waals surface area contributed by atoms with Gasteiger partial charge in [0.25, 0.3) is 0 Å². The zero-order valence-corrected chi connectivity index (χ0v) is 9.88. The third kappa shape index (κ3) is 2.33. The van der Waals surface area contributed by atoms with Crippen molar-refractivity contribution in [2.75, 3.05) is 20.6 Å². The third-order valence-electron chi connectivity index (χ3n) is 4.02. The minimum Gasteiger partial charge on any atom is -0.354 e. The number of nitrogens with one attached hydrogen (secondary N) is 1. The fourth-order valence-electron chi connectivity index (χ4n) is 2.56. The van der Waals surface area contributed by atoms with Gasteiger partial charge in [0.15, 0.2) is 0 Å².